The molecule has 0 aliphatic rings. The average Bonchev–Trinajstić information content (AvgIpc) is 2.39. The Bertz CT molecular complexity index is 483. The number of alkyl halides is 1. The fourth-order valence-corrected chi connectivity index (χ4v) is 1.90. The van der Waals surface area contributed by atoms with E-state index in [1.807, 2.05) is 26.0 Å². The first-order valence-electron chi connectivity index (χ1n) is 6.39. The molecular formula is C15H21BrO4. The van der Waals surface area contributed by atoms with Gasteiger partial charge in [0.05, 0.1) is 13.7 Å². The van der Waals surface area contributed by atoms with Crippen molar-refractivity contribution >= 4 is 21.9 Å². The normalized spacial score (nSPS) is 11.1. The Morgan fingerprint density at radius 1 is 1.20 bits per heavy atom. The van der Waals surface area contributed by atoms with Crippen LogP contribution in [0.15, 0.2) is 12.1 Å². The first-order chi connectivity index (χ1) is 9.31. The van der Waals surface area contributed by atoms with Crippen molar-refractivity contribution in [2.75, 3.05) is 19.0 Å². The molecule has 112 valence electrons. The largest absolute Gasteiger partial charge is 0.492 e. The van der Waals surface area contributed by atoms with Gasteiger partial charge in [-0.2, -0.15) is 0 Å². The summed E-state index contributed by atoms with van der Waals surface area (Å²) in [6, 6.07) is 3.80. The van der Waals surface area contributed by atoms with Crippen LogP contribution in [0, 0.1) is 13.8 Å². The maximum Gasteiger partial charge on any atom is 0.349 e. The molecule has 0 aromatic heterocycles. The summed E-state index contributed by atoms with van der Waals surface area (Å²) in [4.78, 5) is 11.7. The van der Waals surface area contributed by atoms with E-state index in [0.717, 1.165) is 22.2 Å². The lowest BCUT2D eigenvalue weighted by Crippen LogP contribution is -2.39. The van der Waals surface area contributed by atoms with Gasteiger partial charge in [-0.3, -0.25) is 0 Å². The van der Waals surface area contributed by atoms with Crippen LogP contribution in [0.25, 0.3) is 0 Å². The molecule has 0 unspecified atom stereocenters. The monoisotopic (exact) mass is 344 g/mol. The van der Waals surface area contributed by atoms with Crippen LogP contribution in [-0.2, 0) is 9.53 Å². The number of aryl methyl sites for hydroxylation is 2. The van der Waals surface area contributed by atoms with Crippen LogP contribution in [0.5, 0.6) is 11.5 Å². The zero-order chi connectivity index (χ0) is 15.3. The van der Waals surface area contributed by atoms with E-state index in [0.29, 0.717) is 12.4 Å². The molecule has 0 aliphatic carbocycles. The Balaban J connectivity index is 2.98. The van der Waals surface area contributed by atoms with Crippen molar-refractivity contribution in [3.05, 3.63) is 23.3 Å². The van der Waals surface area contributed by atoms with Gasteiger partial charge >= 0.3 is 5.97 Å². The molecule has 1 rings (SSSR count). The smallest absolute Gasteiger partial charge is 0.349 e. The summed E-state index contributed by atoms with van der Waals surface area (Å²) in [6.07, 6.45) is 0. The molecule has 0 aliphatic heterocycles. The van der Waals surface area contributed by atoms with Crippen LogP contribution in [0.3, 0.4) is 0 Å². The molecule has 0 amide bonds. The van der Waals surface area contributed by atoms with E-state index in [9.17, 15) is 4.79 Å². The summed E-state index contributed by atoms with van der Waals surface area (Å²) in [5, 5.41) is 0.777. The summed E-state index contributed by atoms with van der Waals surface area (Å²) >= 11 is 3.33. The van der Waals surface area contributed by atoms with Crippen LogP contribution < -0.4 is 9.47 Å². The molecule has 1 aromatic rings. The lowest BCUT2D eigenvalue weighted by molar-refractivity contribution is -0.156. The second-order valence-electron chi connectivity index (χ2n) is 5.02. The van der Waals surface area contributed by atoms with Crippen molar-refractivity contribution in [3.8, 4) is 11.5 Å². The number of hydrogen-bond acceptors (Lipinski definition) is 4. The van der Waals surface area contributed by atoms with Crippen LogP contribution >= 0.6 is 15.9 Å². The maximum absolute atomic E-state index is 11.7. The van der Waals surface area contributed by atoms with Gasteiger partial charge in [0.2, 0.25) is 0 Å². The lowest BCUT2D eigenvalue weighted by atomic mass is 10.1. The molecule has 0 atom stereocenters. The maximum atomic E-state index is 11.7. The Labute approximate surface area is 128 Å². The predicted octanol–water partition coefficient (Wildman–Crippen LogP) is 3.41. The zero-order valence-corrected chi connectivity index (χ0v) is 14.2. The number of carbonyl (C=O) groups is 1. The van der Waals surface area contributed by atoms with Crippen LogP contribution in [0.4, 0.5) is 0 Å². The summed E-state index contributed by atoms with van der Waals surface area (Å²) in [5.41, 5.74) is 0.855. The number of benzene rings is 1. The summed E-state index contributed by atoms with van der Waals surface area (Å²) in [6.45, 7) is 7.84. The lowest BCUT2D eigenvalue weighted by Gasteiger charge is -2.25. The van der Waals surface area contributed by atoms with E-state index in [-0.39, 0.29) is 0 Å². The molecule has 5 heteroatoms. The van der Waals surface area contributed by atoms with Gasteiger partial charge in [0.15, 0.2) is 5.60 Å². The minimum Gasteiger partial charge on any atom is -0.492 e. The molecule has 0 saturated carbocycles. The molecule has 0 spiro atoms. The van der Waals surface area contributed by atoms with Crippen molar-refractivity contribution in [2.24, 2.45) is 0 Å². The SMILES string of the molecule is COC(=O)C(C)(C)Oc1cc(C)c(OCCBr)cc1C. The summed E-state index contributed by atoms with van der Waals surface area (Å²) in [5.74, 6) is 1.07. The van der Waals surface area contributed by atoms with Crippen molar-refractivity contribution < 1.29 is 19.0 Å². The van der Waals surface area contributed by atoms with Crippen molar-refractivity contribution in [1.82, 2.24) is 0 Å². The second kappa shape index (κ2) is 6.97. The van der Waals surface area contributed by atoms with Gasteiger partial charge in [0, 0.05) is 5.33 Å². The van der Waals surface area contributed by atoms with Gasteiger partial charge in [-0.15, -0.1) is 0 Å². The fourth-order valence-electron chi connectivity index (χ4n) is 1.74. The minimum absolute atomic E-state index is 0.408. The number of carbonyl (C=O) groups excluding carboxylic acids is 1. The summed E-state index contributed by atoms with van der Waals surface area (Å²) < 4.78 is 16.2. The van der Waals surface area contributed by atoms with Gasteiger partial charge in [0.1, 0.15) is 11.5 Å². The first kappa shape index (κ1) is 16.8. The molecule has 0 bridgehead atoms. The van der Waals surface area contributed by atoms with E-state index >= 15 is 0 Å². The number of ether oxygens (including phenoxy) is 3. The van der Waals surface area contributed by atoms with Crippen LogP contribution in [0.1, 0.15) is 25.0 Å². The van der Waals surface area contributed by atoms with E-state index in [4.69, 9.17) is 14.2 Å². The summed E-state index contributed by atoms with van der Waals surface area (Å²) in [7, 11) is 1.35. The van der Waals surface area contributed by atoms with Crippen molar-refractivity contribution in [3.63, 3.8) is 0 Å². The highest BCUT2D eigenvalue weighted by atomic mass is 79.9. The van der Waals surface area contributed by atoms with Gasteiger partial charge in [-0.1, -0.05) is 15.9 Å². The van der Waals surface area contributed by atoms with Crippen LogP contribution in [-0.4, -0.2) is 30.6 Å². The zero-order valence-electron chi connectivity index (χ0n) is 12.6. The average molecular weight is 345 g/mol. The third-order valence-electron chi connectivity index (χ3n) is 2.85. The topological polar surface area (TPSA) is 44.8 Å². The van der Waals surface area contributed by atoms with Gasteiger partial charge in [0.25, 0.3) is 0 Å². The van der Waals surface area contributed by atoms with Gasteiger partial charge in [-0.05, 0) is 51.0 Å². The quantitative estimate of drug-likeness (QED) is 0.586. The van der Waals surface area contributed by atoms with E-state index < -0.39 is 11.6 Å². The Morgan fingerprint density at radius 2 is 1.75 bits per heavy atom. The van der Waals surface area contributed by atoms with E-state index in [2.05, 4.69) is 15.9 Å². The van der Waals surface area contributed by atoms with Gasteiger partial charge in [-0.25, -0.2) is 4.79 Å². The Hall–Kier alpha value is -1.23. The van der Waals surface area contributed by atoms with E-state index in [1.54, 1.807) is 13.8 Å². The third kappa shape index (κ3) is 4.13. The van der Waals surface area contributed by atoms with Gasteiger partial charge < -0.3 is 14.2 Å². The molecule has 4 nitrogen and oxygen atoms in total. The molecule has 0 N–H and O–H groups in total. The fraction of sp³-hybridized carbons (Fsp3) is 0.533. The van der Waals surface area contributed by atoms with Crippen molar-refractivity contribution in [2.45, 2.75) is 33.3 Å². The Morgan fingerprint density at radius 3 is 2.30 bits per heavy atom. The molecular weight excluding hydrogens is 324 g/mol. The number of hydrogen-bond donors (Lipinski definition) is 0. The second-order valence-corrected chi connectivity index (χ2v) is 5.82. The molecule has 1 aromatic carbocycles. The molecule has 0 fully saturated rings. The standard InChI is InChI=1S/C15H21BrO4/c1-10-9-13(20-15(3,4)14(17)18-5)11(2)8-12(10)19-7-6-16/h8-9H,6-7H2,1-5H3. The van der Waals surface area contributed by atoms with Crippen LogP contribution in [0.2, 0.25) is 0 Å². The highest BCUT2D eigenvalue weighted by molar-refractivity contribution is 9.09. The minimum atomic E-state index is -1.02. The molecule has 0 saturated heterocycles. The first-order valence-corrected chi connectivity index (χ1v) is 7.51. The molecule has 0 heterocycles. The number of methoxy groups -OCH3 is 1. The number of rotatable bonds is 6. The highest BCUT2D eigenvalue weighted by Crippen LogP contribution is 2.30. The Kier molecular flexibility index (Phi) is 5.87. The predicted molar refractivity (Wildman–Crippen MR) is 81.9 cm³/mol. The number of halogens is 1. The molecule has 20 heavy (non-hydrogen) atoms. The molecule has 0 radical (unpaired) electrons. The third-order valence-corrected chi connectivity index (χ3v) is 3.17. The van der Waals surface area contributed by atoms with Crippen molar-refractivity contribution in [1.29, 1.82) is 0 Å². The van der Waals surface area contributed by atoms with E-state index in [1.165, 1.54) is 7.11 Å². The number of esters is 1. The highest BCUT2D eigenvalue weighted by Gasteiger charge is 2.31.